The number of hydrogen-bond donors (Lipinski definition) is 1. The highest BCUT2D eigenvalue weighted by Gasteiger charge is 2.11. The Hall–Kier alpha value is -0.630. The van der Waals surface area contributed by atoms with Gasteiger partial charge in [0.1, 0.15) is 6.04 Å². The van der Waals surface area contributed by atoms with Gasteiger partial charge in [0, 0.05) is 6.54 Å². The first kappa shape index (κ1) is 18.4. The highest BCUT2D eigenvalue weighted by atomic mass is 15.2. The Kier molecular flexibility index (Phi) is 12.0. The number of nitrogens with zero attached hydrogens (tertiary/aromatic N) is 3. The van der Waals surface area contributed by atoms with Crippen LogP contribution >= 0.6 is 0 Å². The molecule has 0 aliphatic heterocycles. The third-order valence-corrected chi connectivity index (χ3v) is 3.53. The molecule has 0 amide bonds. The van der Waals surface area contributed by atoms with Crippen molar-refractivity contribution in [2.75, 3.05) is 45.8 Å². The van der Waals surface area contributed by atoms with Gasteiger partial charge in [0.15, 0.2) is 0 Å². The fraction of sp³-hybridized carbons (Fsp3) is 0.933. The van der Waals surface area contributed by atoms with Crippen LogP contribution in [0.2, 0.25) is 0 Å². The van der Waals surface area contributed by atoms with E-state index in [4.69, 9.17) is 5.26 Å². The van der Waals surface area contributed by atoms with Gasteiger partial charge in [0.2, 0.25) is 0 Å². The zero-order valence-corrected chi connectivity index (χ0v) is 13.3. The Balaban J connectivity index is 3.95. The van der Waals surface area contributed by atoms with Crippen LogP contribution in [0, 0.1) is 11.3 Å². The zero-order valence-electron chi connectivity index (χ0n) is 13.3. The Bertz CT molecular complexity index is 233. The van der Waals surface area contributed by atoms with Crippen LogP contribution in [-0.2, 0) is 0 Å². The Morgan fingerprint density at radius 3 is 2.05 bits per heavy atom. The molecule has 0 rings (SSSR count). The lowest BCUT2D eigenvalue weighted by atomic mass is 10.2. The lowest BCUT2D eigenvalue weighted by Crippen LogP contribution is -2.41. The van der Waals surface area contributed by atoms with E-state index in [0.717, 1.165) is 52.2 Å². The maximum Gasteiger partial charge on any atom is 0.108 e. The quantitative estimate of drug-likeness (QED) is 0.587. The van der Waals surface area contributed by atoms with Crippen LogP contribution in [0.1, 0.15) is 40.5 Å². The van der Waals surface area contributed by atoms with E-state index >= 15 is 0 Å². The van der Waals surface area contributed by atoms with E-state index < -0.39 is 0 Å². The smallest absolute Gasteiger partial charge is 0.108 e. The summed E-state index contributed by atoms with van der Waals surface area (Å²) in [4.78, 5) is 4.82. The molecule has 1 unspecified atom stereocenters. The van der Waals surface area contributed by atoms with Gasteiger partial charge in [0.05, 0.1) is 6.07 Å². The maximum atomic E-state index is 9.14. The molecule has 1 N–H and O–H groups in total. The van der Waals surface area contributed by atoms with Crippen LogP contribution in [-0.4, -0.2) is 61.7 Å². The summed E-state index contributed by atoms with van der Waals surface area (Å²) in [5.74, 6) is 0. The summed E-state index contributed by atoms with van der Waals surface area (Å²) in [5.41, 5.74) is 0. The first-order chi connectivity index (χ1) is 9.21. The highest BCUT2D eigenvalue weighted by Crippen LogP contribution is 1.97. The highest BCUT2D eigenvalue weighted by molar-refractivity contribution is 4.91. The topological polar surface area (TPSA) is 42.3 Å². The number of nitriles is 1. The summed E-state index contributed by atoms with van der Waals surface area (Å²) in [6, 6.07) is 2.33. The molecule has 0 aromatic rings. The molecule has 0 saturated heterocycles. The van der Waals surface area contributed by atoms with Gasteiger partial charge in [-0.15, -0.1) is 0 Å². The normalized spacial score (nSPS) is 12.9. The van der Waals surface area contributed by atoms with E-state index in [9.17, 15) is 0 Å². The molecule has 112 valence electrons. The second-order valence-electron chi connectivity index (χ2n) is 4.91. The van der Waals surface area contributed by atoms with Crippen LogP contribution in [0.5, 0.6) is 0 Å². The SMILES string of the molecule is CCCNC(C#N)CN(CC)CCCN(CC)CC. The molecule has 0 saturated carbocycles. The molecule has 4 nitrogen and oxygen atoms in total. The summed E-state index contributed by atoms with van der Waals surface area (Å²) < 4.78 is 0. The van der Waals surface area contributed by atoms with Crippen LogP contribution in [0.25, 0.3) is 0 Å². The average Bonchev–Trinajstić information content (AvgIpc) is 2.45. The molecule has 0 radical (unpaired) electrons. The van der Waals surface area contributed by atoms with Gasteiger partial charge in [-0.1, -0.05) is 27.7 Å². The largest absolute Gasteiger partial charge is 0.304 e. The third-order valence-electron chi connectivity index (χ3n) is 3.53. The fourth-order valence-corrected chi connectivity index (χ4v) is 2.16. The minimum absolute atomic E-state index is 0.0339. The maximum absolute atomic E-state index is 9.14. The second kappa shape index (κ2) is 12.4. The number of likely N-dealkylation sites (N-methyl/N-ethyl adjacent to an activating group) is 1. The van der Waals surface area contributed by atoms with Crippen molar-refractivity contribution in [1.29, 1.82) is 5.26 Å². The summed E-state index contributed by atoms with van der Waals surface area (Å²) in [5, 5.41) is 12.4. The van der Waals surface area contributed by atoms with Gasteiger partial charge < -0.3 is 15.1 Å². The van der Waals surface area contributed by atoms with Gasteiger partial charge in [-0.05, 0) is 52.1 Å². The molecule has 0 spiro atoms. The molecule has 0 aromatic carbocycles. The van der Waals surface area contributed by atoms with E-state index in [1.165, 1.54) is 6.42 Å². The van der Waals surface area contributed by atoms with Gasteiger partial charge in [-0.2, -0.15) is 5.26 Å². The first-order valence-electron chi connectivity index (χ1n) is 7.79. The molecule has 0 aromatic heterocycles. The average molecular weight is 268 g/mol. The van der Waals surface area contributed by atoms with Crippen LogP contribution in [0.4, 0.5) is 0 Å². The van der Waals surface area contributed by atoms with Crippen molar-refractivity contribution in [3.05, 3.63) is 0 Å². The van der Waals surface area contributed by atoms with E-state index in [2.05, 4.69) is 48.9 Å². The van der Waals surface area contributed by atoms with E-state index in [1.54, 1.807) is 0 Å². The standard InChI is InChI=1S/C15H32N4/c1-5-10-17-15(13-16)14-19(8-4)12-9-11-18(6-2)7-3/h15,17H,5-12,14H2,1-4H3. The van der Waals surface area contributed by atoms with Crippen LogP contribution in [0.3, 0.4) is 0 Å². The molecule has 1 atom stereocenters. The zero-order chi connectivity index (χ0) is 14.5. The second-order valence-corrected chi connectivity index (χ2v) is 4.91. The van der Waals surface area contributed by atoms with Crippen molar-refractivity contribution in [2.24, 2.45) is 0 Å². The third kappa shape index (κ3) is 8.99. The molecule has 0 aliphatic carbocycles. The van der Waals surface area contributed by atoms with Gasteiger partial charge in [-0.3, -0.25) is 0 Å². The molecule has 4 heteroatoms. The first-order valence-corrected chi connectivity index (χ1v) is 7.79. The summed E-state index contributed by atoms with van der Waals surface area (Å²) >= 11 is 0. The predicted molar refractivity (Wildman–Crippen MR) is 82.2 cm³/mol. The van der Waals surface area contributed by atoms with Crippen molar-refractivity contribution in [3.8, 4) is 6.07 Å². The molecule has 0 aliphatic rings. The van der Waals surface area contributed by atoms with E-state index in [-0.39, 0.29) is 6.04 Å². The van der Waals surface area contributed by atoms with E-state index in [0.29, 0.717) is 0 Å². The number of nitrogens with one attached hydrogen (secondary N) is 1. The van der Waals surface area contributed by atoms with Gasteiger partial charge in [0.25, 0.3) is 0 Å². The van der Waals surface area contributed by atoms with Crippen molar-refractivity contribution in [1.82, 2.24) is 15.1 Å². The monoisotopic (exact) mass is 268 g/mol. The minimum Gasteiger partial charge on any atom is -0.304 e. The predicted octanol–water partition coefficient (Wildman–Crippen LogP) is 1.93. The fourth-order valence-electron chi connectivity index (χ4n) is 2.16. The Labute approximate surface area is 119 Å². The molecule has 0 bridgehead atoms. The number of hydrogen-bond acceptors (Lipinski definition) is 4. The van der Waals surface area contributed by atoms with Gasteiger partial charge in [-0.25, -0.2) is 0 Å². The number of rotatable bonds is 12. The van der Waals surface area contributed by atoms with Crippen molar-refractivity contribution < 1.29 is 0 Å². The lowest BCUT2D eigenvalue weighted by molar-refractivity contribution is 0.235. The van der Waals surface area contributed by atoms with Crippen LogP contribution in [0.15, 0.2) is 0 Å². The molecular weight excluding hydrogens is 236 g/mol. The molecule has 0 heterocycles. The Morgan fingerprint density at radius 2 is 1.58 bits per heavy atom. The van der Waals surface area contributed by atoms with Crippen molar-refractivity contribution in [3.63, 3.8) is 0 Å². The van der Waals surface area contributed by atoms with Crippen molar-refractivity contribution >= 4 is 0 Å². The minimum atomic E-state index is -0.0339. The Morgan fingerprint density at radius 1 is 1.00 bits per heavy atom. The molecular formula is C15H32N4. The summed E-state index contributed by atoms with van der Waals surface area (Å²) in [6.07, 6.45) is 2.26. The van der Waals surface area contributed by atoms with Gasteiger partial charge >= 0.3 is 0 Å². The van der Waals surface area contributed by atoms with E-state index in [1.807, 2.05) is 0 Å². The van der Waals surface area contributed by atoms with Crippen molar-refractivity contribution in [2.45, 2.75) is 46.6 Å². The molecule has 0 fully saturated rings. The van der Waals surface area contributed by atoms with Crippen LogP contribution < -0.4 is 5.32 Å². The summed E-state index contributed by atoms with van der Waals surface area (Å²) in [7, 11) is 0. The molecule has 19 heavy (non-hydrogen) atoms. The lowest BCUT2D eigenvalue weighted by Gasteiger charge is -2.25. The summed E-state index contributed by atoms with van der Waals surface area (Å²) in [6.45, 7) is 16.0.